The normalized spacial score (nSPS) is 10.5. The highest BCUT2D eigenvalue weighted by Gasteiger charge is 2.10. The Hall–Kier alpha value is -2.82. The Kier molecular flexibility index (Phi) is 4.05. The molecule has 3 aromatic rings. The Morgan fingerprint density at radius 1 is 1.05 bits per heavy atom. The minimum atomic E-state index is -0.382. The molecule has 1 heterocycles. The molecule has 0 bridgehead atoms. The number of hydrogen-bond acceptors (Lipinski definition) is 3. The Morgan fingerprint density at radius 2 is 1.77 bits per heavy atom. The molecule has 0 aliphatic carbocycles. The first kappa shape index (κ1) is 14.1. The fourth-order valence-electron chi connectivity index (χ4n) is 2.15. The summed E-state index contributed by atoms with van der Waals surface area (Å²) >= 11 is 0. The summed E-state index contributed by atoms with van der Waals surface area (Å²) in [6.45, 7) is 0.211. The Bertz CT molecular complexity index is 771. The van der Waals surface area contributed by atoms with Crippen molar-refractivity contribution < 1.29 is 13.9 Å². The van der Waals surface area contributed by atoms with E-state index in [-0.39, 0.29) is 18.2 Å². The second kappa shape index (κ2) is 6.30. The number of nitrogens with one attached hydrogen (secondary N) is 1. The topological polar surface area (TPSA) is 47.1 Å². The van der Waals surface area contributed by atoms with Crippen molar-refractivity contribution in [3.05, 3.63) is 66.1 Å². The highest BCUT2D eigenvalue weighted by Crippen LogP contribution is 2.28. The number of rotatable bonds is 5. The quantitative estimate of drug-likeness (QED) is 0.779. The van der Waals surface area contributed by atoms with Gasteiger partial charge >= 0.3 is 0 Å². The van der Waals surface area contributed by atoms with Crippen LogP contribution in [0.1, 0.15) is 5.69 Å². The smallest absolute Gasteiger partial charge is 0.165 e. The average Bonchev–Trinajstić information content (AvgIpc) is 3.03. The van der Waals surface area contributed by atoms with Gasteiger partial charge in [-0.3, -0.25) is 5.10 Å². The van der Waals surface area contributed by atoms with Crippen LogP contribution in [-0.4, -0.2) is 17.3 Å². The van der Waals surface area contributed by atoms with E-state index < -0.39 is 0 Å². The van der Waals surface area contributed by atoms with Gasteiger partial charge in [0.2, 0.25) is 0 Å². The molecule has 0 atom stereocenters. The Labute approximate surface area is 127 Å². The summed E-state index contributed by atoms with van der Waals surface area (Å²) < 4.78 is 24.3. The van der Waals surface area contributed by atoms with Crippen molar-refractivity contribution in [1.29, 1.82) is 0 Å². The van der Waals surface area contributed by atoms with Crippen molar-refractivity contribution in [2.75, 3.05) is 7.11 Å². The zero-order chi connectivity index (χ0) is 15.4. The third-order valence-corrected chi connectivity index (χ3v) is 3.23. The van der Waals surface area contributed by atoms with E-state index in [1.807, 2.05) is 30.3 Å². The fraction of sp³-hybridized carbons (Fsp3) is 0.118. The van der Waals surface area contributed by atoms with Crippen LogP contribution < -0.4 is 9.47 Å². The molecule has 0 amide bonds. The highest BCUT2D eigenvalue weighted by atomic mass is 19.1. The van der Waals surface area contributed by atoms with Gasteiger partial charge in [-0.25, -0.2) is 4.39 Å². The van der Waals surface area contributed by atoms with E-state index in [0.717, 1.165) is 22.7 Å². The molecule has 0 radical (unpaired) electrons. The van der Waals surface area contributed by atoms with E-state index in [2.05, 4.69) is 10.2 Å². The molecule has 2 aromatic carbocycles. The number of aromatic nitrogens is 2. The van der Waals surface area contributed by atoms with Gasteiger partial charge in [-0.05, 0) is 30.3 Å². The van der Waals surface area contributed by atoms with Gasteiger partial charge in [0, 0.05) is 5.56 Å². The molecule has 3 rings (SSSR count). The van der Waals surface area contributed by atoms with Crippen LogP contribution >= 0.6 is 0 Å². The van der Waals surface area contributed by atoms with Crippen LogP contribution in [0.2, 0.25) is 0 Å². The summed E-state index contributed by atoms with van der Waals surface area (Å²) in [5.41, 5.74) is 2.40. The van der Waals surface area contributed by atoms with E-state index in [0.29, 0.717) is 0 Å². The lowest BCUT2D eigenvalue weighted by Crippen LogP contribution is -1.97. The lowest BCUT2D eigenvalue weighted by atomic mass is 10.1. The fourth-order valence-corrected chi connectivity index (χ4v) is 2.15. The molecular formula is C17H15FN2O2. The molecule has 0 saturated heterocycles. The lowest BCUT2D eigenvalue weighted by molar-refractivity contribution is 0.286. The van der Waals surface area contributed by atoms with E-state index in [9.17, 15) is 4.39 Å². The zero-order valence-corrected chi connectivity index (χ0v) is 12.0. The SMILES string of the molecule is COc1ccccc1-c1cc(COc2ccccc2F)[nH]n1. The molecule has 0 unspecified atom stereocenters. The van der Waals surface area contributed by atoms with Gasteiger partial charge in [0.25, 0.3) is 0 Å². The van der Waals surface area contributed by atoms with Crippen LogP contribution in [0.15, 0.2) is 54.6 Å². The summed E-state index contributed by atoms with van der Waals surface area (Å²) in [6, 6.07) is 15.8. The number of methoxy groups -OCH3 is 1. The average molecular weight is 298 g/mol. The predicted octanol–water partition coefficient (Wildman–Crippen LogP) is 3.80. The molecule has 112 valence electrons. The van der Waals surface area contributed by atoms with Gasteiger partial charge in [0.1, 0.15) is 12.4 Å². The number of halogens is 1. The molecule has 0 saturated carbocycles. The van der Waals surface area contributed by atoms with E-state index in [1.54, 1.807) is 25.3 Å². The van der Waals surface area contributed by atoms with E-state index in [1.165, 1.54) is 6.07 Å². The summed E-state index contributed by atoms with van der Waals surface area (Å²) in [5.74, 6) is 0.582. The zero-order valence-electron chi connectivity index (χ0n) is 12.0. The minimum Gasteiger partial charge on any atom is -0.496 e. The predicted molar refractivity (Wildman–Crippen MR) is 81.3 cm³/mol. The van der Waals surface area contributed by atoms with Gasteiger partial charge < -0.3 is 9.47 Å². The first-order valence-corrected chi connectivity index (χ1v) is 6.83. The molecule has 5 heteroatoms. The Morgan fingerprint density at radius 3 is 2.55 bits per heavy atom. The first-order chi connectivity index (χ1) is 10.8. The lowest BCUT2D eigenvalue weighted by Gasteiger charge is -2.05. The van der Waals surface area contributed by atoms with Crippen molar-refractivity contribution in [2.24, 2.45) is 0 Å². The van der Waals surface area contributed by atoms with Crippen molar-refractivity contribution >= 4 is 0 Å². The number of benzene rings is 2. The third-order valence-electron chi connectivity index (χ3n) is 3.23. The molecule has 0 aliphatic rings. The van der Waals surface area contributed by atoms with Gasteiger partial charge in [-0.2, -0.15) is 5.10 Å². The minimum absolute atomic E-state index is 0.211. The molecule has 22 heavy (non-hydrogen) atoms. The molecule has 1 aromatic heterocycles. The molecule has 0 spiro atoms. The van der Waals surface area contributed by atoms with E-state index >= 15 is 0 Å². The van der Waals surface area contributed by atoms with Crippen molar-refractivity contribution in [3.8, 4) is 22.8 Å². The number of nitrogens with zero attached hydrogens (tertiary/aromatic N) is 1. The van der Waals surface area contributed by atoms with Crippen molar-refractivity contribution in [1.82, 2.24) is 10.2 Å². The second-order valence-corrected chi connectivity index (χ2v) is 4.70. The molecule has 1 N–H and O–H groups in total. The van der Waals surface area contributed by atoms with E-state index in [4.69, 9.17) is 9.47 Å². The number of hydrogen-bond donors (Lipinski definition) is 1. The van der Waals surface area contributed by atoms with Gasteiger partial charge in [-0.1, -0.05) is 24.3 Å². The van der Waals surface area contributed by atoms with Crippen molar-refractivity contribution in [3.63, 3.8) is 0 Å². The molecule has 0 fully saturated rings. The maximum atomic E-state index is 13.5. The summed E-state index contributed by atoms with van der Waals surface area (Å²) in [4.78, 5) is 0. The van der Waals surface area contributed by atoms with Gasteiger partial charge in [-0.15, -0.1) is 0 Å². The summed E-state index contributed by atoms with van der Waals surface area (Å²) in [7, 11) is 1.62. The number of H-pyrrole nitrogens is 1. The van der Waals surface area contributed by atoms with Crippen LogP contribution in [0.4, 0.5) is 4.39 Å². The van der Waals surface area contributed by atoms with Crippen molar-refractivity contribution in [2.45, 2.75) is 6.61 Å². The first-order valence-electron chi connectivity index (χ1n) is 6.83. The van der Waals surface area contributed by atoms with Crippen LogP contribution in [-0.2, 0) is 6.61 Å². The van der Waals surface area contributed by atoms with Crippen LogP contribution in [0.25, 0.3) is 11.3 Å². The number of para-hydroxylation sites is 2. The van der Waals surface area contributed by atoms with Gasteiger partial charge in [0.05, 0.1) is 18.5 Å². The van der Waals surface area contributed by atoms with Crippen LogP contribution in [0, 0.1) is 5.82 Å². The number of ether oxygens (including phenoxy) is 2. The summed E-state index contributed by atoms with van der Waals surface area (Å²) in [6.07, 6.45) is 0. The monoisotopic (exact) mass is 298 g/mol. The summed E-state index contributed by atoms with van der Waals surface area (Å²) in [5, 5.41) is 7.14. The molecule has 0 aliphatic heterocycles. The largest absolute Gasteiger partial charge is 0.496 e. The third kappa shape index (κ3) is 2.93. The second-order valence-electron chi connectivity index (χ2n) is 4.70. The van der Waals surface area contributed by atoms with Crippen LogP contribution in [0.3, 0.4) is 0 Å². The van der Waals surface area contributed by atoms with Gasteiger partial charge in [0.15, 0.2) is 11.6 Å². The maximum Gasteiger partial charge on any atom is 0.165 e. The highest BCUT2D eigenvalue weighted by molar-refractivity contribution is 5.67. The Balaban J connectivity index is 1.75. The standard InChI is InChI=1S/C17H15FN2O2/c1-21-16-8-4-2-6-13(16)15-10-12(19-20-15)11-22-17-9-5-3-7-14(17)18/h2-10H,11H2,1H3,(H,19,20). The van der Waals surface area contributed by atoms with Crippen LogP contribution in [0.5, 0.6) is 11.5 Å². The maximum absolute atomic E-state index is 13.5. The molecule has 4 nitrogen and oxygen atoms in total. The molecular weight excluding hydrogens is 283 g/mol. The number of aromatic amines is 1.